The number of hydrogen-bond acceptors (Lipinski definition) is 1. The zero-order valence-electron chi connectivity index (χ0n) is 7.90. The number of rotatable bonds is 4. The Hall–Kier alpha value is -1.52. The van der Waals surface area contributed by atoms with Gasteiger partial charge in [0.1, 0.15) is 20.0 Å². The first-order valence-corrected chi connectivity index (χ1v) is 4.27. The summed E-state index contributed by atoms with van der Waals surface area (Å²) in [7, 11) is 0. The van der Waals surface area contributed by atoms with Crippen LogP contribution in [0.1, 0.15) is 27.0 Å². The van der Waals surface area contributed by atoms with Crippen molar-refractivity contribution in [1.29, 1.82) is 0 Å². The van der Waals surface area contributed by atoms with Crippen molar-refractivity contribution in [3.8, 4) is 0 Å². The third-order valence-electron chi connectivity index (χ3n) is 2.16. The molecule has 0 aromatic heterocycles. The first-order valence-electron chi connectivity index (χ1n) is 4.27. The lowest BCUT2D eigenvalue weighted by molar-refractivity contribution is 0.0996. The van der Waals surface area contributed by atoms with Crippen LogP contribution in [0.15, 0.2) is 12.1 Å². The molecular weight excluding hydrogens is 207 g/mol. The van der Waals surface area contributed by atoms with Gasteiger partial charge >= 0.3 is 0 Å². The molecule has 0 saturated heterocycles. The molecule has 0 spiro atoms. The molecule has 0 bridgehead atoms. The number of primary amides is 1. The number of nitrogens with two attached hydrogens (primary N) is 1. The van der Waals surface area contributed by atoms with Crippen molar-refractivity contribution in [3.05, 3.63) is 34.4 Å². The highest BCUT2D eigenvalue weighted by atomic mass is 19.1. The highest BCUT2D eigenvalue weighted by Crippen LogP contribution is 2.22. The molecule has 1 amide bonds. The van der Waals surface area contributed by atoms with Crippen molar-refractivity contribution in [2.24, 2.45) is 5.73 Å². The Kier molecular flexibility index (Phi) is 3.71. The molecule has 0 aliphatic rings. The molecule has 0 heterocycles. The van der Waals surface area contributed by atoms with Crippen molar-refractivity contribution in [1.82, 2.24) is 0 Å². The van der Waals surface area contributed by atoms with E-state index in [-0.39, 0.29) is 22.3 Å². The normalized spacial score (nSPS) is 10.3. The number of amides is 1. The first kappa shape index (κ1) is 11.6. The van der Waals surface area contributed by atoms with E-state index < -0.39 is 25.9 Å². The lowest BCUT2D eigenvalue weighted by Crippen LogP contribution is -2.17. The maximum Gasteiger partial charge on any atom is 0.249 e. The Bertz CT molecular complexity index is 379. The number of hydrogen-bond donors (Lipinski definition) is 1. The Balaban J connectivity index is 3.44. The van der Waals surface area contributed by atoms with E-state index in [1.165, 1.54) is 12.1 Å². The Morgan fingerprint density at radius 1 is 1.07 bits per heavy atom. The average molecular weight is 217 g/mol. The van der Waals surface area contributed by atoms with E-state index in [4.69, 9.17) is 5.73 Å². The quantitative estimate of drug-likeness (QED) is 0.825. The van der Waals surface area contributed by atoms with Crippen molar-refractivity contribution >= 4 is 5.91 Å². The predicted molar refractivity (Wildman–Crippen MR) is 49.4 cm³/mol. The van der Waals surface area contributed by atoms with Crippen LogP contribution in [0.2, 0.25) is 0 Å². The van der Waals surface area contributed by atoms with Crippen molar-refractivity contribution in [2.75, 3.05) is 0 Å². The van der Waals surface area contributed by atoms with Crippen LogP contribution in [0.3, 0.4) is 0 Å². The second kappa shape index (κ2) is 4.82. The van der Waals surface area contributed by atoms with Crippen LogP contribution in [0.4, 0.5) is 13.2 Å². The fraction of sp³-hybridized carbons (Fsp3) is 0.300. The molecule has 5 heteroatoms. The van der Waals surface area contributed by atoms with Gasteiger partial charge in [0.05, 0.1) is 5.56 Å². The van der Waals surface area contributed by atoms with Gasteiger partial charge in [0.15, 0.2) is 0 Å². The van der Waals surface area contributed by atoms with Crippen LogP contribution in [0, 0.1) is 0 Å². The van der Waals surface area contributed by atoms with Gasteiger partial charge in [-0.3, -0.25) is 4.79 Å². The minimum absolute atomic E-state index is 0.00708. The van der Waals surface area contributed by atoms with E-state index in [1.807, 2.05) is 0 Å². The molecule has 1 rings (SSSR count). The second-order valence-electron chi connectivity index (χ2n) is 3.00. The zero-order valence-corrected chi connectivity index (χ0v) is 7.90. The lowest BCUT2D eigenvalue weighted by Gasteiger charge is -2.11. The maximum absolute atomic E-state index is 12.6. The fourth-order valence-corrected chi connectivity index (χ4v) is 1.44. The van der Waals surface area contributed by atoms with E-state index in [0.717, 1.165) is 0 Å². The average Bonchev–Trinajstić information content (AvgIpc) is 2.26. The summed E-state index contributed by atoms with van der Waals surface area (Å²) in [5.74, 6) is -0.939. The van der Waals surface area contributed by atoms with Crippen molar-refractivity contribution in [2.45, 2.75) is 20.0 Å². The number of halogens is 3. The summed E-state index contributed by atoms with van der Waals surface area (Å²) in [6.07, 6.45) is 0. The van der Waals surface area contributed by atoms with E-state index in [0.29, 0.717) is 0 Å². The van der Waals surface area contributed by atoms with Crippen LogP contribution in [-0.2, 0) is 20.0 Å². The lowest BCUT2D eigenvalue weighted by atomic mass is 9.97. The van der Waals surface area contributed by atoms with Gasteiger partial charge in [-0.1, -0.05) is 12.1 Å². The third kappa shape index (κ3) is 2.11. The van der Waals surface area contributed by atoms with E-state index in [2.05, 4.69) is 0 Å². The van der Waals surface area contributed by atoms with Crippen LogP contribution in [0.5, 0.6) is 0 Å². The molecule has 0 aliphatic carbocycles. The molecular formula is C10H10F3NO. The summed E-state index contributed by atoms with van der Waals surface area (Å²) in [4.78, 5) is 11.0. The molecule has 0 atom stereocenters. The topological polar surface area (TPSA) is 43.1 Å². The molecule has 82 valence electrons. The Labute approximate surface area is 84.9 Å². The predicted octanol–water partition coefficient (Wildman–Crippen LogP) is 2.19. The molecule has 15 heavy (non-hydrogen) atoms. The molecule has 0 unspecified atom stereocenters. The van der Waals surface area contributed by atoms with Crippen LogP contribution >= 0.6 is 0 Å². The van der Waals surface area contributed by atoms with E-state index >= 15 is 0 Å². The largest absolute Gasteiger partial charge is 0.366 e. The molecule has 1 aromatic carbocycles. The van der Waals surface area contributed by atoms with Crippen LogP contribution in [0.25, 0.3) is 0 Å². The van der Waals surface area contributed by atoms with E-state index in [1.54, 1.807) is 0 Å². The number of alkyl halides is 3. The van der Waals surface area contributed by atoms with Gasteiger partial charge < -0.3 is 5.73 Å². The third-order valence-corrected chi connectivity index (χ3v) is 2.16. The summed E-state index contributed by atoms with van der Waals surface area (Å²) in [6.45, 7) is -2.88. The Morgan fingerprint density at radius 3 is 2.00 bits per heavy atom. The smallest absolute Gasteiger partial charge is 0.249 e. The van der Waals surface area contributed by atoms with E-state index in [9.17, 15) is 18.0 Å². The monoisotopic (exact) mass is 217 g/mol. The molecule has 0 saturated carbocycles. The maximum atomic E-state index is 12.6. The number of benzene rings is 1. The van der Waals surface area contributed by atoms with Gasteiger partial charge in [0, 0.05) is 5.56 Å². The highest BCUT2D eigenvalue weighted by Gasteiger charge is 2.17. The fourth-order valence-electron chi connectivity index (χ4n) is 1.44. The summed E-state index contributed by atoms with van der Waals surface area (Å²) in [5, 5.41) is 0. The molecule has 2 N–H and O–H groups in total. The standard InChI is InChI=1S/C10H10F3NO/c11-3-6-1-2-7(4-12)9(10(14)15)8(6)5-13/h1-2H,3-5H2,(H2,14,15). The number of carbonyl (C=O) groups excluding carboxylic acids is 1. The van der Waals surface area contributed by atoms with Crippen molar-refractivity contribution < 1.29 is 18.0 Å². The van der Waals surface area contributed by atoms with Gasteiger partial charge in [-0.05, 0) is 11.1 Å². The summed E-state index contributed by atoms with van der Waals surface area (Å²) >= 11 is 0. The van der Waals surface area contributed by atoms with Gasteiger partial charge in [-0.2, -0.15) is 0 Å². The van der Waals surface area contributed by atoms with Gasteiger partial charge in [0.2, 0.25) is 5.91 Å². The van der Waals surface area contributed by atoms with Crippen molar-refractivity contribution in [3.63, 3.8) is 0 Å². The second-order valence-corrected chi connectivity index (χ2v) is 3.00. The molecule has 1 aromatic rings. The zero-order chi connectivity index (χ0) is 11.4. The molecule has 0 aliphatic heterocycles. The minimum atomic E-state index is -1.04. The molecule has 0 radical (unpaired) electrons. The first-order chi connectivity index (χ1) is 7.15. The van der Waals surface area contributed by atoms with Gasteiger partial charge in [0.25, 0.3) is 0 Å². The molecule has 0 fully saturated rings. The summed E-state index contributed by atoms with van der Waals surface area (Å²) in [5.41, 5.74) is 4.63. The number of carbonyl (C=O) groups is 1. The summed E-state index contributed by atoms with van der Waals surface area (Å²) in [6, 6.07) is 2.50. The highest BCUT2D eigenvalue weighted by molar-refractivity contribution is 5.96. The Morgan fingerprint density at radius 2 is 1.60 bits per heavy atom. The molecule has 2 nitrogen and oxygen atoms in total. The van der Waals surface area contributed by atoms with Gasteiger partial charge in [-0.15, -0.1) is 0 Å². The van der Waals surface area contributed by atoms with Gasteiger partial charge in [-0.25, -0.2) is 13.2 Å². The van der Waals surface area contributed by atoms with Crippen LogP contribution < -0.4 is 5.73 Å². The summed E-state index contributed by atoms with van der Waals surface area (Å²) < 4.78 is 37.5. The minimum Gasteiger partial charge on any atom is -0.366 e. The SMILES string of the molecule is NC(=O)c1c(CF)ccc(CF)c1CF. The van der Waals surface area contributed by atoms with Crippen LogP contribution in [-0.4, -0.2) is 5.91 Å².